The van der Waals surface area contributed by atoms with E-state index in [0.29, 0.717) is 28.9 Å². The lowest BCUT2D eigenvalue weighted by Gasteiger charge is -2.33. The number of piperidine rings is 1. The molecule has 1 aromatic rings. The molecule has 2 rings (SSSR count). The number of nitrogens with one attached hydrogen (secondary N) is 1. The molecule has 6 nitrogen and oxygen atoms in total. The summed E-state index contributed by atoms with van der Waals surface area (Å²) in [6.07, 6.45) is 2.34. The Hall–Kier alpha value is -0.930. The maximum Gasteiger partial charge on any atom is 0.308 e. The van der Waals surface area contributed by atoms with Crippen molar-refractivity contribution in [2.45, 2.75) is 26.2 Å². The quantitative estimate of drug-likeness (QED) is 0.183. The lowest BCUT2D eigenvalue weighted by Crippen LogP contribution is -2.46. The molecule has 0 bridgehead atoms. The van der Waals surface area contributed by atoms with Gasteiger partial charge in [0, 0.05) is 37.6 Å². The van der Waals surface area contributed by atoms with Crippen molar-refractivity contribution in [3.8, 4) is 5.75 Å². The summed E-state index contributed by atoms with van der Waals surface area (Å²) in [5, 5.41) is 4.41. The van der Waals surface area contributed by atoms with Crippen LogP contribution in [0.3, 0.4) is 0 Å². The van der Waals surface area contributed by atoms with Gasteiger partial charge in [0.05, 0.1) is 24.7 Å². The minimum Gasteiger partial charge on any atom is -0.492 e. The monoisotopic (exact) mass is 543 g/mol. The second-order valence-corrected chi connectivity index (χ2v) is 7.14. The van der Waals surface area contributed by atoms with E-state index in [0.717, 1.165) is 44.9 Å². The fourth-order valence-corrected chi connectivity index (χ4v) is 3.41. The Morgan fingerprint density at radius 2 is 2.04 bits per heavy atom. The van der Waals surface area contributed by atoms with Crippen molar-refractivity contribution in [1.82, 2.24) is 10.2 Å². The third-order valence-electron chi connectivity index (χ3n) is 4.38. The Morgan fingerprint density at radius 1 is 1.32 bits per heavy atom. The number of ether oxygens (including phenoxy) is 2. The molecule has 0 saturated carbocycles. The van der Waals surface area contributed by atoms with Gasteiger partial charge < -0.3 is 19.7 Å². The maximum absolute atomic E-state index is 11.7. The summed E-state index contributed by atoms with van der Waals surface area (Å²) < 4.78 is 10.5. The lowest BCUT2D eigenvalue weighted by molar-refractivity contribution is -0.146. The van der Waals surface area contributed by atoms with Crippen molar-refractivity contribution in [3.05, 3.63) is 28.2 Å². The Balaban J connectivity index is 0.00000392. The van der Waals surface area contributed by atoms with Crippen LogP contribution in [0.15, 0.2) is 23.2 Å². The fraction of sp³-hybridized carbons (Fsp3) is 0.579. The van der Waals surface area contributed by atoms with Gasteiger partial charge in [0.1, 0.15) is 5.75 Å². The van der Waals surface area contributed by atoms with Gasteiger partial charge in [0.2, 0.25) is 0 Å². The van der Waals surface area contributed by atoms with Crippen molar-refractivity contribution in [2.24, 2.45) is 10.9 Å². The van der Waals surface area contributed by atoms with Crippen LogP contribution in [0.2, 0.25) is 10.0 Å². The van der Waals surface area contributed by atoms with Crippen molar-refractivity contribution >= 4 is 59.1 Å². The molecule has 1 aromatic carbocycles. The van der Waals surface area contributed by atoms with Gasteiger partial charge in [-0.15, -0.1) is 24.0 Å². The average Bonchev–Trinajstić information content (AvgIpc) is 2.68. The number of rotatable bonds is 7. The normalized spacial score (nSPS) is 15.0. The number of guanidine groups is 1. The smallest absolute Gasteiger partial charge is 0.308 e. The molecule has 1 fully saturated rings. The first-order valence-electron chi connectivity index (χ1n) is 9.24. The minimum absolute atomic E-state index is 0. The zero-order valence-corrected chi connectivity index (χ0v) is 20.1. The molecule has 1 saturated heterocycles. The predicted octanol–water partition coefficient (Wildman–Crippen LogP) is 4.23. The average molecular weight is 544 g/mol. The summed E-state index contributed by atoms with van der Waals surface area (Å²) in [5.41, 5.74) is 0. The number of carbonyl (C=O) groups excluding carboxylic acids is 1. The van der Waals surface area contributed by atoms with Crippen LogP contribution < -0.4 is 10.1 Å². The van der Waals surface area contributed by atoms with E-state index in [4.69, 9.17) is 32.7 Å². The number of likely N-dealkylation sites (tertiary alicyclic amines) is 1. The van der Waals surface area contributed by atoms with Crippen LogP contribution in [0, 0.1) is 5.92 Å². The van der Waals surface area contributed by atoms with Crippen LogP contribution in [0.1, 0.15) is 26.2 Å². The number of carbonyl (C=O) groups is 1. The molecule has 28 heavy (non-hydrogen) atoms. The molecule has 9 heteroatoms. The highest BCUT2D eigenvalue weighted by molar-refractivity contribution is 14.0. The highest BCUT2D eigenvalue weighted by atomic mass is 127. The predicted molar refractivity (Wildman–Crippen MR) is 124 cm³/mol. The van der Waals surface area contributed by atoms with E-state index in [1.807, 2.05) is 6.92 Å². The van der Waals surface area contributed by atoms with Gasteiger partial charge in [0.15, 0.2) is 5.96 Å². The molecular weight excluding hydrogens is 516 g/mol. The number of nitrogens with zero attached hydrogens (tertiary/aromatic N) is 2. The first kappa shape index (κ1) is 25.1. The van der Waals surface area contributed by atoms with Crippen molar-refractivity contribution in [3.63, 3.8) is 0 Å². The molecule has 0 amide bonds. The van der Waals surface area contributed by atoms with Crippen molar-refractivity contribution < 1.29 is 14.3 Å². The molecule has 0 aliphatic carbocycles. The fourth-order valence-electron chi connectivity index (χ4n) is 2.94. The maximum atomic E-state index is 11.7. The number of aliphatic imine (C=N–C) groups is 1. The topological polar surface area (TPSA) is 63.2 Å². The third-order valence-corrected chi connectivity index (χ3v) is 4.91. The van der Waals surface area contributed by atoms with Gasteiger partial charge in [-0.25, -0.2) is 0 Å². The largest absolute Gasteiger partial charge is 0.492 e. The van der Waals surface area contributed by atoms with Crippen LogP contribution >= 0.6 is 47.2 Å². The Morgan fingerprint density at radius 3 is 2.64 bits per heavy atom. The van der Waals surface area contributed by atoms with E-state index < -0.39 is 0 Å². The van der Waals surface area contributed by atoms with Crippen LogP contribution in [-0.2, 0) is 9.53 Å². The summed E-state index contributed by atoms with van der Waals surface area (Å²) in [6.45, 7) is 5.60. The molecule has 0 atom stereocenters. The number of hydrogen-bond donors (Lipinski definition) is 1. The minimum atomic E-state index is -0.116. The number of methoxy groups -OCH3 is 1. The van der Waals surface area contributed by atoms with Crippen LogP contribution in [0.4, 0.5) is 0 Å². The first-order chi connectivity index (χ1) is 13.0. The molecule has 1 N–H and O–H groups in total. The first-order valence-corrected chi connectivity index (χ1v) is 9.99. The van der Waals surface area contributed by atoms with E-state index in [1.54, 1.807) is 18.2 Å². The van der Waals surface area contributed by atoms with E-state index in [-0.39, 0.29) is 35.9 Å². The van der Waals surface area contributed by atoms with E-state index in [1.165, 1.54) is 7.11 Å². The van der Waals surface area contributed by atoms with Crippen LogP contribution in [0.5, 0.6) is 5.75 Å². The molecule has 0 radical (unpaired) electrons. The van der Waals surface area contributed by atoms with E-state index in [2.05, 4.69) is 15.2 Å². The molecular formula is C19H28Cl2IN3O3. The van der Waals surface area contributed by atoms with Gasteiger partial charge in [0.25, 0.3) is 0 Å². The summed E-state index contributed by atoms with van der Waals surface area (Å²) in [7, 11) is 1.44. The summed E-state index contributed by atoms with van der Waals surface area (Å²) in [5.74, 6) is 1.38. The number of esters is 1. The SMILES string of the molecule is CCNC(=NCCCOc1ccc(Cl)cc1Cl)N1CCC(C(=O)OC)CC1.I. The zero-order valence-electron chi connectivity index (χ0n) is 16.2. The second kappa shape index (κ2) is 13.3. The third kappa shape index (κ3) is 7.83. The molecule has 1 heterocycles. The van der Waals surface area contributed by atoms with Gasteiger partial charge in [-0.2, -0.15) is 0 Å². The number of benzene rings is 1. The van der Waals surface area contributed by atoms with Gasteiger partial charge >= 0.3 is 5.97 Å². The van der Waals surface area contributed by atoms with Gasteiger partial charge in [-0.05, 0) is 38.0 Å². The zero-order chi connectivity index (χ0) is 19.6. The molecule has 0 spiro atoms. The van der Waals surface area contributed by atoms with E-state index in [9.17, 15) is 4.79 Å². The van der Waals surface area contributed by atoms with Crippen LogP contribution in [0.25, 0.3) is 0 Å². The molecule has 1 aliphatic rings. The van der Waals surface area contributed by atoms with Gasteiger partial charge in [-0.1, -0.05) is 23.2 Å². The number of hydrogen-bond acceptors (Lipinski definition) is 4. The Bertz CT molecular complexity index is 653. The second-order valence-electron chi connectivity index (χ2n) is 6.30. The summed E-state index contributed by atoms with van der Waals surface area (Å²) in [4.78, 5) is 18.5. The molecule has 1 aliphatic heterocycles. The van der Waals surface area contributed by atoms with E-state index >= 15 is 0 Å². The van der Waals surface area contributed by atoms with Crippen molar-refractivity contribution in [2.75, 3.05) is 39.9 Å². The molecule has 158 valence electrons. The Labute approximate surface area is 194 Å². The summed E-state index contributed by atoms with van der Waals surface area (Å²) in [6, 6.07) is 5.18. The van der Waals surface area contributed by atoms with Gasteiger partial charge in [-0.3, -0.25) is 9.79 Å². The highest BCUT2D eigenvalue weighted by Crippen LogP contribution is 2.27. The molecule has 0 aromatic heterocycles. The Kier molecular flexibility index (Phi) is 11.9. The molecule has 0 unspecified atom stereocenters. The summed E-state index contributed by atoms with van der Waals surface area (Å²) >= 11 is 12.0. The number of halogens is 3. The highest BCUT2D eigenvalue weighted by Gasteiger charge is 2.26. The van der Waals surface area contributed by atoms with Crippen LogP contribution in [-0.4, -0.2) is 56.7 Å². The standard InChI is InChI=1S/C19H27Cl2N3O3.HI/c1-3-22-19(24-10-7-14(8-11-24)18(25)26-2)23-9-4-12-27-17-6-5-15(20)13-16(17)21;/h5-6,13-14H,3-4,7-12H2,1-2H3,(H,22,23);1H. The lowest BCUT2D eigenvalue weighted by atomic mass is 9.97. The van der Waals surface area contributed by atoms with Crippen molar-refractivity contribution in [1.29, 1.82) is 0 Å².